The number of hydrogen-bond acceptors (Lipinski definition) is 1. The number of benzene rings is 1. The summed E-state index contributed by atoms with van der Waals surface area (Å²) in [5, 5.41) is 0. The molecule has 0 aliphatic heterocycles. The molecule has 1 nitrogen and oxygen atoms in total. The van der Waals surface area contributed by atoms with Crippen LogP contribution in [0.5, 0.6) is 5.75 Å². The van der Waals surface area contributed by atoms with Gasteiger partial charge in [-0.2, -0.15) is 0 Å². The third-order valence-corrected chi connectivity index (χ3v) is 1.45. The molecule has 0 unspecified atom stereocenters. The summed E-state index contributed by atoms with van der Waals surface area (Å²) in [7, 11) is 1.29. The van der Waals surface area contributed by atoms with E-state index < -0.39 is 31.0 Å². The minimum absolute atomic E-state index is 0.111. The Bertz CT molecular complexity index is 452. The molecule has 0 aromatic heterocycles. The minimum Gasteiger partial charge on any atom is -0.497 e. The molecule has 0 saturated heterocycles. The van der Waals surface area contributed by atoms with Crippen LogP contribution < -0.4 is 4.74 Å². The first kappa shape index (κ1) is 3.36. The first-order valence-corrected chi connectivity index (χ1v) is 3.29. The van der Waals surface area contributed by atoms with Gasteiger partial charge in [0.05, 0.1) is 7.11 Å². The monoisotopic (exact) mass is 175 g/mol. The summed E-state index contributed by atoms with van der Waals surface area (Å²) < 4.78 is 70.0. The molecule has 2 heteroatoms. The molecule has 0 bridgehead atoms. The van der Waals surface area contributed by atoms with E-state index in [1.807, 2.05) is 0 Å². The van der Waals surface area contributed by atoms with Crippen LogP contribution in [-0.2, 0) is 0 Å². The van der Waals surface area contributed by atoms with E-state index in [9.17, 15) is 4.39 Å². The highest BCUT2D eigenvalue weighted by Gasteiger charge is 2.06. The molecule has 0 aliphatic carbocycles. The largest absolute Gasteiger partial charge is 0.497 e. The van der Waals surface area contributed by atoms with Crippen molar-refractivity contribution in [3.63, 3.8) is 0 Å². The smallest absolute Gasteiger partial charge is 0.130 e. The molecule has 12 heavy (non-hydrogen) atoms. The van der Waals surface area contributed by atoms with Crippen LogP contribution in [0, 0.1) is 5.82 Å². The van der Waals surface area contributed by atoms with Gasteiger partial charge in [0.2, 0.25) is 0 Å². The van der Waals surface area contributed by atoms with Crippen LogP contribution in [0.4, 0.5) is 4.39 Å². The molecular formula is C10H13FO. The Morgan fingerprint density at radius 1 is 1.58 bits per heavy atom. The summed E-state index contributed by atoms with van der Waals surface area (Å²) in [4.78, 5) is 0. The van der Waals surface area contributed by atoms with Crippen molar-refractivity contribution in [2.45, 2.75) is 19.6 Å². The Labute approximate surface area is 82.0 Å². The molecule has 0 fully saturated rings. The quantitative estimate of drug-likeness (QED) is 0.671. The predicted molar refractivity (Wildman–Crippen MR) is 47.0 cm³/mol. The van der Waals surface area contributed by atoms with Gasteiger partial charge in [0.25, 0.3) is 0 Å². The number of halogens is 1. The Kier molecular flexibility index (Phi) is 1.000. The predicted octanol–water partition coefficient (Wildman–Crippen LogP) is 2.96. The maximum atomic E-state index is 13.9. The summed E-state index contributed by atoms with van der Waals surface area (Å²) in [5.74, 6) is -4.02. The highest BCUT2D eigenvalue weighted by atomic mass is 19.1. The zero-order chi connectivity index (χ0) is 15.1. The van der Waals surface area contributed by atoms with Gasteiger partial charge in [0, 0.05) is 15.7 Å². The lowest BCUT2D eigenvalue weighted by molar-refractivity contribution is 0.410. The second-order valence-corrected chi connectivity index (χ2v) is 2.22. The van der Waals surface area contributed by atoms with Crippen LogP contribution in [0.3, 0.4) is 0 Å². The number of ether oxygens (including phenoxy) is 1. The maximum absolute atomic E-state index is 13.9. The Hall–Kier alpha value is -1.05. The van der Waals surface area contributed by atoms with E-state index in [2.05, 4.69) is 0 Å². The molecule has 0 saturated carbocycles. The van der Waals surface area contributed by atoms with Crippen LogP contribution >= 0.6 is 0 Å². The number of rotatable bonds is 2. The summed E-state index contributed by atoms with van der Waals surface area (Å²) in [5.41, 5.74) is -0.701. The lowest BCUT2D eigenvalue weighted by Crippen LogP contribution is -1.93. The Morgan fingerprint density at radius 2 is 2.33 bits per heavy atom. The highest BCUT2D eigenvalue weighted by Crippen LogP contribution is 2.22. The molecule has 0 spiro atoms. The van der Waals surface area contributed by atoms with Crippen molar-refractivity contribution in [3.8, 4) is 5.75 Å². The second kappa shape index (κ2) is 3.57. The molecule has 66 valence electrons. The van der Waals surface area contributed by atoms with Gasteiger partial charge in [-0.15, -0.1) is 0 Å². The van der Waals surface area contributed by atoms with Crippen molar-refractivity contribution in [2.75, 3.05) is 7.11 Å². The van der Waals surface area contributed by atoms with Gasteiger partial charge in [-0.3, -0.25) is 0 Å². The lowest BCUT2D eigenvalue weighted by Gasteiger charge is -2.07. The van der Waals surface area contributed by atoms with Crippen molar-refractivity contribution in [1.82, 2.24) is 0 Å². The zero-order valence-electron chi connectivity index (χ0n) is 13.5. The van der Waals surface area contributed by atoms with E-state index in [0.717, 1.165) is 12.1 Å². The van der Waals surface area contributed by atoms with Gasteiger partial charge in [-0.25, -0.2) is 4.39 Å². The van der Waals surface area contributed by atoms with Crippen LogP contribution in [0.1, 0.15) is 34.8 Å². The molecule has 1 rings (SSSR count). The van der Waals surface area contributed by atoms with Gasteiger partial charge in [0.1, 0.15) is 11.6 Å². The number of hydrogen-bond donors (Lipinski definition) is 0. The van der Waals surface area contributed by atoms with Crippen molar-refractivity contribution >= 4 is 0 Å². The fourth-order valence-electron chi connectivity index (χ4n) is 0.826. The molecule has 0 aliphatic rings. The van der Waals surface area contributed by atoms with E-state index in [-0.39, 0.29) is 5.75 Å². The molecule has 1 aromatic carbocycles. The van der Waals surface area contributed by atoms with Crippen molar-refractivity contribution in [3.05, 3.63) is 29.6 Å². The summed E-state index contributed by atoms with van der Waals surface area (Å²) in [6.45, 7) is -6.40. The molecule has 0 atom stereocenters. The highest BCUT2D eigenvalue weighted by molar-refractivity contribution is 5.30. The molecule has 1 aromatic rings. The van der Waals surface area contributed by atoms with E-state index in [1.54, 1.807) is 0 Å². The first-order chi connectivity index (χ1) is 8.45. The third kappa shape index (κ3) is 1.76. The fraction of sp³-hybridized carbons (Fsp3) is 0.400. The Balaban J connectivity index is 3.52. The van der Waals surface area contributed by atoms with Crippen molar-refractivity contribution < 1.29 is 18.7 Å². The Morgan fingerprint density at radius 3 is 2.83 bits per heavy atom. The zero-order valence-corrected chi connectivity index (χ0v) is 6.52. The van der Waals surface area contributed by atoms with Gasteiger partial charge in [-0.1, -0.05) is 19.8 Å². The average molecular weight is 175 g/mol. The lowest BCUT2D eigenvalue weighted by atomic mass is 10.0. The summed E-state index contributed by atoms with van der Waals surface area (Å²) in [6.07, 6.45) is 0. The number of methoxy groups -OCH3 is 1. The van der Waals surface area contributed by atoms with Gasteiger partial charge in [-0.05, 0) is 17.5 Å². The fourth-order valence-corrected chi connectivity index (χ4v) is 0.826. The minimum atomic E-state index is -3.20. The second-order valence-electron chi connectivity index (χ2n) is 2.22. The van der Waals surface area contributed by atoms with E-state index >= 15 is 0 Å². The van der Waals surface area contributed by atoms with Crippen molar-refractivity contribution in [2.24, 2.45) is 0 Å². The summed E-state index contributed by atoms with van der Waals surface area (Å²) >= 11 is 0. The maximum Gasteiger partial charge on any atom is 0.130 e. The molecule has 0 N–H and O–H groups in total. The standard InChI is InChI=1S/C10H13FO/c1-7(2)9-5-4-8(12-3)6-10(9)11/h4-7H,1-3H3/i1D3,2D3,7D. The van der Waals surface area contributed by atoms with Gasteiger partial charge >= 0.3 is 0 Å². The van der Waals surface area contributed by atoms with Crippen LogP contribution in [0.15, 0.2) is 18.2 Å². The van der Waals surface area contributed by atoms with Gasteiger partial charge in [0.15, 0.2) is 0 Å². The molecular weight excluding hydrogens is 155 g/mol. The molecule has 0 radical (unpaired) electrons. The topological polar surface area (TPSA) is 9.23 Å². The van der Waals surface area contributed by atoms with Crippen LogP contribution in [0.25, 0.3) is 0 Å². The van der Waals surface area contributed by atoms with E-state index in [0.29, 0.717) is 0 Å². The van der Waals surface area contributed by atoms with E-state index in [4.69, 9.17) is 14.3 Å². The molecule has 0 heterocycles. The van der Waals surface area contributed by atoms with Gasteiger partial charge < -0.3 is 4.74 Å². The van der Waals surface area contributed by atoms with Crippen molar-refractivity contribution in [1.29, 1.82) is 0 Å². The normalized spacial score (nSPS) is 22.0. The SMILES string of the molecule is [2H]C([2H])([2H])C([2H])(c1ccc(OC)cc1F)C([2H])([2H])[2H]. The first-order valence-electron chi connectivity index (χ1n) is 6.79. The van der Waals surface area contributed by atoms with E-state index in [1.165, 1.54) is 13.2 Å². The third-order valence-electron chi connectivity index (χ3n) is 1.45. The average Bonchev–Trinajstić information content (AvgIpc) is 2.24. The van der Waals surface area contributed by atoms with Crippen LogP contribution in [0.2, 0.25) is 0 Å². The summed E-state index contributed by atoms with van der Waals surface area (Å²) in [6, 6.07) is 3.04. The molecule has 0 amide bonds. The van der Waals surface area contributed by atoms with Crippen LogP contribution in [-0.4, -0.2) is 7.11 Å².